The van der Waals surface area contributed by atoms with Gasteiger partial charge in [0, 0.05) is 36.0 Å². The lowest BCUT2D eigenvalue weighted by atomic mass is 10.2. The third-order valence-corrected chi connectivity index (χ3v) is 7.83. The van der Waals surface area contributed by atoms with Crippen molar-refractivity contribution in [1.82, 2.24) is 14.1 Å². The van der Waals surface area contributed by atoms with Gasteiger partial charge in [-0.15, -0.1) is 0 Å². The maximum absolute atomic E-state index is 12.9. The molecule has 0 spiro atoms. The largest absolute Gasteiger partial charge is 0.306 e. The molecule has 30 heavy (non-hydrogen) atoms. The molecule has 10 heteroatoms. The Hall–Kier alpha value is -2.82. The van der Waals surface area contributed by atoms with Gasteiger partial charge in [-0.3, -0.25) is 9.00 Å². The van der Waals surface area contributed by atoms with E-state index in [-0.39, 0.29) is 4.90 Å². The summed E-state index contributed by atoms with van der Waals surface area (Å²) in [5, 5.41) is 7.42. The number of rotatable bonds is 5. The second kappa shape index (κ2) is 7.78. The van der Waals surface area contributed by atoms with Gasteiger partial charge >= 0.3 is 0 Å². The fourth-order valence-corrected chi connectivity index (χ4v) is 5.35. The summed E-state index contributed by atoms with van der Waals surface area (Å²) in [6.07, 6.45) is 0. The molecule has 0 radical (unpaired) electrons. The first kappa shape index (κ1) is 20.5. The lowest BCUT2D eigenvalue weighted by Crippen LogP contribution is -2.22. The molecule has 1 N–H and O–H groups in total. The second-order valence-corrected chi connectivity index (χ2v) is 10.6. The van der Waals surface area contributed by atoms with Crippen LogP contribution in [0.15, 0.2) is 59.5 Å². The van der Waals surface area contributed by atoms with Crippen LogP contribution in [0, 0.1) is 0 Å². The van der Waals surface area contributed by atoms with Gasteiger partial charge in [0.2, 0.25) is 10.0 Å². The average Bonchev–Trinajstić information content (AvgIpc) is 3.25. The van der Waals surface area contributed by atoms with Crippen LogP contribution in [0.3, 0.4) is 0 Å². The molecule has 1 atom stereocenters. The second-order valence-electron chi connectivity index (χ2n) is 7.02. The highest BCUT2D eigenvalue weighted by molar-refractivity contribution is 7.89. The number of hydrogen-bond acceptors (Lipinski definition) is 5. The number of aromatic nitrogens is 2. The van der Waals surface area contributed by atoms with E-state index >= 15 is 0 Å². The first-order chi connectivity index (χ1) is 14.3. The molecule has 0 bridgehead atoms. The van der Waals surface area contributed by atoms with E-state index in [9.17, 15) is 17.4 Å². The van der Waals surface area contributed by atoms with Crippen LogP contribution in [0.1, 0.15) is 21.6 Å². The summed E-state index contributed by atoms with van der Waals surface area (Å²) in [6.45, 7) is 0. The Kier molecular flexibility index (Phi) is 5.31. The van der Waals surface area contributed by atoms with Gasteiger partial charge in [-0.25, -0.2) is 17.4 Å². The van der Waals surface area contributed by atoms with Gasteiger partial charge < -0.3 is 5.32 Å². The van der Waals surface area contributed by atoms with Gasteiger partial charge in [-0.1, -0.05) is 18.2 Å². The molecule has 2 aromatic carbocycles. The molecule has 4 rings (SSSR count). The molecular formula is C20H20N4O4S2. The number of amides is 1. The maximum atomic E-state index is 12.9. The van der Waals surface area contributed by atoms with Crippen LogP contribution in [-0.4, -0.2) is 46.7 Å². The molecule has 8 nitrogen and oxygen atoms in total. The topological polar surface area (TPSA) is 101 Å². The minimum Gasteiger partial charge on any atom is -0.306 e. The Labute approximate surface area is 177 Å². The highest BCUT2D eigenvalue weighted by Crippen LogP contribution is 2.31. The van der Waals surface area contributed by atoms with Crippen molar-refractivity contribution in [3.63, 3.8) is 0 Å². The Morgan fingerprint density at radius 2 is 1.73 bits per heavy atom. The predicted octanol–water partition coefficient (Wildman–Crippen LogP) is 2.14. The van der Waals surface area contributed by atoms with Crippen molar-refractivity contribution in [1.29, 1.82) is 0 Å². The van der Waals surface area contributed by atoms with Crippen LogP contribution in [0.4, 0.5) is 5.82 Å². The van der Waals surface area contributed by atoms with Gasteiger partial charge in [0.05, 0.1) is 27.8 Å². The smallest absolute Gasteiger partial charge is 0.256 e. The number of anilines is 1. The number of sulfonamides is 1. The summed E-state index contributed by atoms with van der Waals surface area (Å²) in [7, 11) is -1.71. The average molecular weight is 445 g/mol. The Morgan fingerprint density at radius 3 is 2.37 bits per heavy atom. The maximum Gasteiger partial charge on any atom is 0.256 e. The zero-order chi connectivity index (χ0) is 21.5. The van der Waals surface area contributed by atoms with E-state index in [0.29, 0.717) is 28.6 Å². The summed E-state index contributed by atoms with van der Waals surface area (Å²) in [5.74, 6) is 0.769. The van der Waals surface area contributed by atoms with Crippen molar-refractivity contribution in [2.75, 3.05) is 19.4 Å². The Morgan fingerprint density at radius 1 is 1.07 bits per heavy atom. The van der Waals surface area contributed by atoms with Gasteiger partial charge in [0.25, 0.3) is 5.91 Å². The third-order valence-electron chi connectivity index (χ3n) is 4.80. The lowest BCUT2D eigenvalue weighted by molar-refractivity contribution is 0.102. The SMILES string of the molecule is CN(C)S(=O)(=O)c1ccc(C(=O)Nc2c3c(nn2-c2ccccc2)C[S@](=O)C3)cc1. The summed E-state index contributed by atoms with van der Waals surface area (Å²) in [4.78, 5) is 13.0. The molecule has 1 amide bonds. The number of nitrogens with zero attached hydrogens (tertiary/aromatic N) is 3. The minimum atomic E-state index is -3.57. The van der Waals surface area contributed by atoms with E-state index in [2.05, 4.69) is 10.4 Å². The summed E-state index contributed by atoms with van der Waals surface area (Å²) in [5.41, 5.74) is 2.55. The lowest BCUT2D eigenvalue weighted by Gasteiger charge is -2.13. The molecule has 0 unspecified atom stereocenters. The molecule has 0 saturated carbocycles. The highest BCUT2D eigenvalue weighted by atomic mass is 32.2. The van der Waals surface area contributed by atoms with Crippen LogP contribution in [-0.2, 0) is 32.3 Å². The standard InChI is InChI=1S/C20H20N4O4S2/c1-23(2)30(27,28)16-10-8-14(9-11-16)20(25)21-19-17-12-29(26)13-18(17)22-24(19)15-6-4-3-5-7-15/h3-11H,12-13H2,1-2H3,(H,21,25)/t29-/m1/s1. The quantitative estimate of drug-likeness (QED) is 0.650. The van der Waals surface area contributed by atoms with Crippen LogP contribution in [0.25, 0.3) is 5.69 Å². The van der Waals surface area contributed by atoms with E-state index in [1.807, 2.05) is 30.3 Å². The fraction of sp³-hybridized carbons (Fsp3) is 0.200. The van der Waals surface area contributed by atoms with Gasteiger partial charge in [0.1, 0.15) is 5.82 Å². The number of fused-ring (bicyclic) bond motifs is 1. The van der Waals surface area contributed by atoms with Crippen LogP contribution in [0.2, 0.25) is 0 Å². The number of para-hydroxylation sites is 1. The van der Waals surface area contributed by atoms with E-state index in [1.54, 1.807) is 4.68 Å². The minimum absolute atomic E-state index is 0.106. The fourth-order valence-electron chi connectivity index (χ4n) is 3.18. The van der Waals surface area contributed by atoms with Crippen LogP contribution >= 0.6 is 0 Å². The molecule has 2 heterocycles. The third kappa shape index (κ3) is 3.69. The van der Waals surface area contributed by atoms with Crippen molar-refractivity contribution < 1.29 is 17.4 Å². The zero-order valence-corrected chi connectivity index (χ0v) is 18.0. The predicted molar refractivity (Wildman–Crippen MR) is 114 cm³/mol. The van der Waals surface area contributed by atoms with Crippen molar-refractivity contribution in [3.8, 4) is 5.69 Å². The molecule has 1 aliphatic heterocycles. The zero-order valence-electron chi connectivity index (χ0n) is 16.4. The first-order valence-corrected chi connectivity index (χ1v) is 12.1. The van der Waals surface area contributed by atoms with E-state index < -0.39 is 26.7 Å². The monoisotopic (exact) mass is 444 g/mol. The summed E-state index contributed by atoms with van der Waals surface area (Å²) >= 11 is 0. The molecule has 0 aliphatic carbocycles. The molecule has 1 aliphatic rings. The number of carbonyl (C=O) groups excluding carboxylic acids is 1. The van der Waals surface area contributed by atoms with E-state index in [0.717, 1.165) is 15.6 Å². The van der Waals surface area contributed by atoms with Crippen LogP contribution in [0.5, 0.6) is 0 Å². The normalized spacial score (nSPS) is 15.9. The van der Waals surface area contributed by atoms with Crippen molar-refractivity contribution >= 4 is 32.5 Å². The van der Waals surface area contributed by atoms with E-state index in [1.165, 1.54) is 38.4 Å². The molecule has 0 saturated heterocycles. The highest BCUT2D eigenvalue weighted by Gasteiger charge is 2.28. The molecule has 3 aromatic rings. The molecule has 1 aromatic heterocycles. The summed E-state index contributed by atoms with van der Waals surface area (Å²) < 4.78 is 39.2. The summed E-state index contributed by atoms with van der Waals surface area (Å²) in [6, 6.07) is 15.1. The van der Waals surface area contributed by atoms with Gasteiger partial charge in [-0.2, -0.15) is 5.10 Å². The molecular weight excluding hydrogens is 424 g/mol. The first-order valence-electron chi connectivity index (χ1n) is 9.12. The van der Waals surface area contributed by atoms with Crippen molar-refractivity contribution in [2.24, 2.45) is 0 Å². The van der Waals surface area contributed by atoms with E-state index in [4.69, 9.17) is 0 Å². The van der Waals surface area contributed by atoms with Gasteiger partial charge in [0.15, 0.2) is 0 Å². The number of hydrogen-bond donors (Lipinski definition) is 1. The van der Waals surface area contributed by atoms with Gasteiger partial charge in [-0.05, 0) is 36.4 Å². The van der Waals surface area contributed by atoms with Crippen molar-refractivity contribution in [3.05, 3.63) is 71.4 Å². The molecule has 156 valence electrons. The molecule has 0 fully saturated rings. The van der Waals surface area contributed by atoms with Crippen molar-refractivity contribution in [2.45, 2.75) is 16.4 Å². The Balaban J connectivity index is 1.66. The number of nitrogens with one attached hydrogen (secondary N) is 1. The van der Waals surface area contributed by atoms with Crippen LogP contribution < -0.4 is 5.32 Å². The Bertz CT molecular complexity index is 1230. The number of carbonyl (C=O) groups is 1. The number of benzene rings is 2.